The summed E-state index contributed by atoms with van der Waals surface area (Å²) >= 11 is 1.93. The molecule has 1 saturated heterocycles. The van der Waals surface area contributed by atoms with Crippen molar-refractivity contribution in [3.63, 3.8) is 0 Å². The molecule has 10 heteroatoms. The Balaban J connectivity index is 1.32. The maximum atomic E-state index is 14.5. The summed E-state index contributed by atoms with van der Waals surface area (Å²) in [7, 11) is 0. The highest BCUT2D eigenvalue weighted by Crippen LogP contribution is 2.69. The monoisotopic (exact) mass is 517 g/mol. The molecule has 3 aromatic heterocycles. The SMILES string of the molecule is CC1(C)[C@H]2CC[C@]1(c1ccnc(-n3cnc([C@H]4CCSC4)n3)n1)c1nnc(-c3c(F)cccc3F)cc12. The number of rotatable bonds is 4. The second kappa shape index (κ2) is 8.11. The van der Waals surface area contributed by atoms with Gasteiger partial charge in [-0.15, -0.1) is 10.2 Å². The van der Waals surface area contributed by atoms with Gasteiger partial charge in [-0.1, -0.05) is 19.9 Å². The normalized spacial score (nSPS) is 25.5. The maximum Gasteiger partial charge on any atom is 0.252 e. The third-order valence-electron chi connectivity index (χ3n) is 8.69. The fraction of sp³-hybridized carbons (Fsp3) is 0.407. The van der Waals surface area contributed by atoms with E-state index in [1.165, 1.54) is 18.2 Å². The molecule has 2 fully saturated rings. The van der Waals surface area contributed by atoms with Crippen LogP contribution in [0.4, 0.5) is 8.78 Å². The highest BCUT2D eigenvalue weighted by atomic mass is 32.2. The van der Waals surface area contributed by atoms with Gasteiger partial charge in [-0.3, -0.25) is 0 Å². The highest BCUT2D eigenvalue weighted by Gasteiger charge is 2.65. The Morgan fingerprint density at radius 1 is 1.05 bits per heavy atom. The first kappa shape index (κ1) is 22.9. The molecular formula is C27H25F2N7S. The summed E-state index contributed by atoms with van der Waals surface area (Å²) in [6.45, 7) is 4.45. The first-order chi connectivity index (χ1) is 17.9. The summed E-state index contributed by atoms with van der Waals surface area (Å²) in [5, 5.41) is 13.6. The Kier molecular flexibility index (Phi) is 5.02. The minimum absolute atomic E-state index is 0.139. The molecule has 4 aromatic rings. The van der Waals surface area contributed by atoms with Crippen LogP contribution < -0.4 is 0 Å². The first-order valence-corrected chi connectivity index (χ1v) is 13.7. The largest absolute Gasteiger partial charge is 0.252 e. The topological polar surface area (TPSA) is 82.3 Å². The van der Waals surface area contributed by atoms with Crippen molar-refractivity contribution in [2.45, 2.75) is 50.4 Å². The van der Waals surface area contributed by atoms with E-state index in [9.17, 15) is 8.78 Å². The lowest BCUT2D eigenvalue weighted by Gasteiger charge is -2.37. The van der Waals surface area contributed by atoms with Gasteiger partial charge in [0, 0.05) is 17.9 Å². The molecule has 1 aromatic carbocycles. The summed E-state index contributed by atoms with van der Waals surface area (Å²) in [5.41, 5.74) is 2.05. The van der Waals surface area contributed by atoms with Gasteiger partial charge in [-0.05, 0) is 66.2 Å². The number of hydrogen-bond donors (Lipinski definition) is 0. The average molecular weight is 518 g/mol. The van der Waals surface area contributed by atoms with Crippen LogP contribution >= 0.6 is 11.8 Å². The summed E-state index contributed by atoms with van der Waals surface area (Å²) in [6, 6.07) is 7.61. The summed E-state index contributed by atoms with van der Waals surface area (Å²) in [4.78, 5) is 14.0. The van der Waals surface area contributed by atoms with Gasteiger partial charge in [0.05, 0.1) is 28.1 Å². The fourth-order valence-electron chi connectivity index (χ4n) is 6.75. The molecule has 2 bridgehead atoms. The minimum atomic E-state index is -0.643. The van der Waals surface area contributed by atoms with Crippen LogP contribution in [0, 0.1) is 17.0 Å². The molecule has 1 aliphatic heterocycles. The van der Waals surface area contributed by atoms with Gasteiger partial charge >= 0.3 is 0 Å². The van der Waals surface area contributed by atoms with Crippen LogP contribution in [0.2, 0.25) is 0 Å². The van der Waals surface area contributed by atoms with Crippen molar-refractivity contribution in [2.24, 2.45) is 5.41 Å². The molecule has 0 N–H and O–H groups in total. The van der Waals surface area contributed by atoms with Crippen LogP contribution in [0.3, 0.4) is 0 Å². The van der Waals surface area contributed by atoms with E-state index in [2.05, 4.69) is 34.0 Å². The molecule has 0 spiro atoms. The zero-order chi connectivity index (χ0) is 25.4. The van der Waals surface area contributed by atoms with E-state index >= 15 is 0 Å². The third-order valence-corrected chi connectivity index (χ3v) is 9.85. The van der Waals surface area contributed by atoms with E-state index < -0.39 is 17.0 Å². The van der Waals surface area contributed by atoms with Crippen LogP contribution in [0.15, 0.2) is 42.9 Å². The van der Waals surface area contributed by atoms with Crippen molar-refractivity contribution in [2.75, 3.05) is 11.5 Å². The second-order valence-corrected chi connectivity index (χ2v) is 11.8. The average Bonchev–Trinajstić information content (AvgIpc) is 3.67. The Bertz CT molecular complexity index is 1510. The number of fused-ring (bicyclic) bond motifs is 5. The van der Waals surface area contributed by atoms with Gasteiger partial charge < -0.3 is 0 Å². The number of benzene rings is 1. The molecule has 1 saturated carbocycles. The molecule has 3 aliphatic rings. The van der Waals surface area contributed by atoms with E-state index in [1.807, 2.05) is 23.9 Å². The molecule has 0 unspecified atom stereocenters. The molecule has 7 rings (SSSR count). The summed E-state index contributed by atoms with van der Waals surface area (Å²) < 4.78 is 30.7. The van der Waals surface area contributed by atoms with Gasteiger partial charge in [0.25, 0.3) is 5.95 Å². The van der Waals surface area contributed by atoms with Crippen LogP contribution in [-0.4, -0.2) is 46.4 Å². The van der Waals surface area contributed by atoms with Crippen LogP contribution in [0.25, 0.3) is 17.2 Å². The van der Waals surface area contributed by atoms with Crippen molar-refractivity contribution in [3.8, 4) is 17.2 Å². The van der Waals surface area contributed by atoms with Crippen molar-refractivity contribution in [3.05, 3.63) is 77.3 Å². The van der Waals surface area contributed by atoms with Gasteiger partial charge in [0.2, 0.25) is 0 Å². The van der Waals surface area contributed by atoms with Gasteiger partial charge in [0.1, 0.15) is 18.0 Å². The van der Waals surface area contributed by atoms with Crippen molar-refractivity contribution in [1.82, 2.24) is 34.9 Å². The zero-order valence-corrected chi connectivity index (χ0v) is 21.3. The molecule has 0 radical (unpaired) electrons. The number of nitrogens with zero attached hydrogens (tertiary/aromatic N) is 7. The lowest BCUT2D eigenvalue weighted by molar-refractivity contribution is 0.242. The van der Waals surface area contributed by atoms with Crippen LogP contribution in [-0.2, 0) is 5.41 Å². The number of thioether (sulfide) groups is 1. The Labute approximate surface area is 217 Å². The van der Waals surface area contributed by atoms with Crippen molar-refractivity contribution < 1.29 is 8.78 Å². The lowest BCUT2D eigenvalue weighted by atomic mass is 9.66. The second-order valence-electron chi connectivity index (χ2n) is 10.7. The number of aromatic nitrogens is 7. The minimum Gasteiger partial charge on any atom is -0.220 e. The van der Waals surface area contributed by atoms with Crippen LogP contribution in [0.5, 0.6) is 0 Å². The molecule has 0 amide bonds. The predicted octanol–water partition coefficient (Wildman–Crippen LogP) is 5.22. The van der Waals surface area contributed by atoms with Gasteiger partial charge in [-0.2, -0.15) is 21.5 Å². The first-order valence-electron chi connectivity index (χ1n) is 12.6. The molecule has 188 valence electrons. The molecule has 7 nitrogen and oxygen atoms in total. The molecule has 4 heterocycles. The quantitative estimate of drug-likeness (QED) is 0.367. The zero-order valence-electron chi connectivity index (χ0n) is 20.5. The van der Waals surface area contributed by atoms with Crippen molar-refractivity contribution in [1.29, 1.82) is 0 Å². The van der Waals surface area contributed by atoms with E-state index in [-0.39, 0.29) is 22.6 Å². The third kappa shape index (κ3) is 3.17. The van der Waals surface area contributed by atoms with E-state index in [0.717, 1.165) is 53.5 Å². The lowest BCUT2D eigenvalue weighted by Crippen LogP contribution is -2.38. The summed E-state index contributed by atoms with van der Waals surface area (Å²) in [6.07, 6.45) is 6.32. The van der Waals surface area contributed by atoms with Crippen molar-refractivity contribution >= 4 is 11.8 Å². The standard InChI is InChI=1S/C27H25F2N7S/c1-26(2)17-6-9-27(26,23-16(17)12-20(33-34-23)22-18(28)4-3-5-19(22)29)21-7-10-30-25(32-21)36-14-31-24(35-36)15-8-11-37-13-15/h3-5,7,10,12,14-15,17H,6,8-9,11,13H2,1-2H3/t15-,17-,27-/m0/s1. The van der Waals surface area contributed by atoms with Gasteiger partial charge in [0.15, 0.2) is 5.82 Å². The van der Waals surface area contributed by atoms with E-state index in [4.69, 9.17) is 10.1 Å². The Hall–Kier alpha value is -3.27. The summed E-state index contributed by atoms with van der Waals surface area (Å²) in [5.74, 6) is 2.74. The van der Waals surface area contributed by atoms with Gasteiger partial charge in [-0.25, -0.2) is 23.7 Å². The Morgan fingerprint density at radius 2 is 1.89 bits per heavy atom. The maximum absolute atomic E-state index is 14.5. The van der Waals surface area contributed by atoms with E-state index in [0.29, 0.717) is 11.9 Å². The fourth-order valence-corrected chi connectivity index (χ4v) is 7.97. The smallest absolute Gasteiger partial charge is 0.220 e. The highest BCUT2D eigenvalue weighted by molar-refractivity contribution is 7.99. The predicted molar refractivity (Wildman–Crippen MR) is 136 cm³/mol. The molecule has 3 atom stereocenters. The van der Waals surface area contributed by atoms with Crippen LogP contribution in [0.1, 0.15) is 67.7 Å². The Morgan fingerprint density at radius 3 is 2.68 bits per heavy atom. The molecule has 37 heavy (non-hydrogen) atoms. The molecule has 2 aliphatic carbocycles. The molecular weight excluding hydrogens is 492 g/mol. The number of halogens is 2. The number of hydrogen-bond acceptors (Lipinski definition) is 7. The van der Waals surface area contributed by atoms with E-state index in [1.54, 1.807) is 17.2 Å².